The first-order valence-corrected chi connectivity index (χ1v) is 4.04. The van der Waals surface area contributed by atoms with Gasteiger partial charge in [0, 0.05) is 6.92 Å². The summed E-state index contributed by atoms with van der Waals surface area (Å²) in [4.78, 5) is 54.2. The molecule has 0 fully saturated rings. The van der Waals surface area contributed by atoms with E-state index < -0.39 is 35.2 Å². The average Bonchev–Trinajstić information content (AvgIpc) is 2.00. The standard InChI is InChI=1S/C9H10O6.Al.3H/c1-4(10)7(5(2)11)8(13)9(14)15-6(3)12;;;;/h7H,1-3H3;;;;. The molecule has 0 rings (SSSR count). The molecule has 0 saturated carbocycles. The maximum Gasteiger partial charge on any atom is 0.383 e. The number of esters is 2. The smallest absolute Gasteiger partial charge is 0.383 e. The zero-order valence-corrected chi connectivity index (χ0v) is 8.53. The second-order valence-electron chi connectivity index (χ2n) is 2.90. The molecule has 0 aromatic rings. The average molecular weight is 244 g/mol. The van der Waals surface area contributed by atoms with Crippen LogP contribution in [0.3, 0.4) is 0 Å². The Bertz CT molecular complexity index is 332. The summed E-state index contributed by atoms with van der Waals surface area (Å²) in [6, 6.07) is 0. The van der Waals surface area contributed by atoms with Gasteiger partial charge in [-0.25, -0.2) is 4.79 Å². The second-order valence-corrected chi connectivity index (χ2v) is 2.90. The van der Waals surface area contributed by atoms with Gasteiger partial charge in [0.1, 0.15) is 17.5 Å². The summed E-state index contributed by atoms with van der Waals surface area (Å²) >= 11 is 0. The molecule has 0 N–H and O–H groups in total. The van der Waals surface area contributed by atoms with Crippen LogP contribution in [0.1, 0.15) is 20.8 Å². The molecule has 88 valence electrons. The highest BCUT2D eigenvalue weighted by atomic mass is 27.0. The maximum absolute atomic E-state index is 11.2. The summed E-state index contributed by atoms with van der Waals surface area (Å²) in [5.74, 6) is -6.96. The van der Waals surface area contributed by atoms with E-state index in [-0.39, 0.29) is 17.4 Å². The molecule has 0 heterocycles. The highest BCUT2D eigenvalue weighted by Crippen LogP contribution is 2.04. The highest BCUT2D eigenvalue weighted by molar-refractivity contribution is 6.44. The van der Waals surface area contributed by atoms with Crippen molar-refractivity contribution in [3.8, 4) is 0 Å². The van der Waals surface area contributed by atoms with E-state index in [1.54, 1.807) is 0 Å². The van der Waals surface area contributed by atoms with E-state index in [9.17, 15) is 24.0 Å². The van der Waals surface area contributed by atoms with Gasteiger partial charge in [0.15, 0.2) is 17.4 Å². The van der Waals surface area contributed by atoms with Gasteiger partial charge >= 0.3 is 11.9 Å². The predicted molar refractivity (Wildman–Crippen MR) is 56.6 cm³/mol. The van der Waals surface area contributed by atoms with Crippen LogP contribution in [0.5, 0.6) is 0 Å². The van der Waals surface area contributed by atoms with E-state index in [0.29, 0.717) is 0 Å². The van der Waals surface area contributed by atoms with E-state index >= 15 is 0 Å². The first-order chi connectivity index (χ1) is 6.77. The highest BCUT2D eigenvalue weighted by Gasteiger charge is 2.34. The minimum absolute atomic E-state index is 0. The lowest BCUT2D eigenvalue weighted by Gasteiger charge is -2.06. The van der Waals surface area contributed by atoms with Crippen LogP contribution in [0.2, 0.25) is 0 Å². The van der Waals surface area contributed by atoms with Crippen molar-refractivity contribution in [2.24, 2.45) is 5.92 Å². The molecule has 0 aromatic heterocycles. The van der Waals surface area contributed by atoms with Gasteiger partial charge in [-0.15, -0.1) is 0 Å². The molecule has 0 aliphatic carbocycles. The van der Waals surface area contributed by atoms with Crippen LogP contribution in [0.15, 0.2) is 0 Å². The van der Waals surface area contributed by atoms with Crippen LogP contribution in [0, 0.1) is 5.92 Å². The van der Waals surface area contributed by atoms with E-state index in [4.69, 9.17) is 0 Å². The van der Waals surface area contributed by atoms with Crippen LogP contribution in [0.4, 0.5) is 0 Å². The third kappa shape index (κ3) is 4.96. The summed E-state index contributed by atoms with van der Waals surface area (Å²) in [5, 5.41) is 0. The summed E-state index contributed by atoms with van der Waals surface area (Å²) in [6.45, 7) is 2.94. The number of rotatable bonds is 4. The normalized spacial score (nSPS) is 9.00. The van der Waals surface area contributed by atoms with Gasteiger partial charge in [-0.2, -0.15) is 0 Å². The molecular formula is C9H13AlO6. The third-order valence-corrected chi connectivity index (χ3v) is 1.51. The molecule has 0 saturated heterocycles. The molecule has 0 atom stereocenters. The third-order valence-electron chi connectivity index (χ3n) is 1.51. The Hall–Kier alpha value is -1.32. The summed E-state index contributed by atoms with van der Waals surface area (Å²) in [7, 11) is 0. The molecule has 0 spiro atoms. The zero-order chi connectivity index (χ0) is 12.2. The van der Waals surface area contributed by atoms with Gasteiger partial charge in [0.05, 0.1) is 0 Å². The molecule has 0 bridgehead atoms. The fourth-order valence-electron chi connectivity index (χ4n) is 0.954. The van der Waals surface area contributed by atoms with E-state index in [1.807, 2.05) is 0 Å². The second kappa shape index (κ2) is 7.04. The van der Waals surface area contributed by atoms with Crippen molar-refractivity contribution in [3.63, 3.8) is 0 Å². The first kappa shape index (κ1) is 17.1. The number of ketones is 3. The lowest BCUT2D eigenvalue weighted by atomic mass is 9.96. The fourth-order valence-corrected chi connectivity index (χ4v) is 0.954. The Morgan fingerprint density at radius 2 is 1.25 bits per heavy atom. The van der Waals surface area contributed by atoms with E-state index in [2.05, 4.69) is 4.74 Å². The van der Waals surface area contributed by atoms with Crippen LogP contribution < -0.4 is 0 Å². The molecule has 0 aliphatic rings. The zero-order valence-electron chi connectivity index (χ0n) is 8.53. The van der Waals surface area contributed by atoms with Crippen molar-refractivity contribution in [2.75, 3.05) is 0 Å². The molecule has 6 nitrogen and oxygen atoms in total. The Morgan fingerprint density at radius 1 is 0.875 bits per heavy atom. The largest absolute Gasteiger partial charge is 0.387 e. The number of hydrogen-bond donors (Lipinski definition) is 0. The maximum atomic E-state index is 11.2. The molecular weight excluding hydrogens is 231 g/mol. The fraction of sp³-hybridized carbons (Fsp3) is 0.444. The summed E-state index contributed by atoms with van der Waals surface area (Å²) in [6.07, 6.45) is 0. The molecule has 0 radical (unpaired) electrons. The van der Waals surface area contributed by atoms with E-state index in [1.165, 1.54) is 0 Å². The summed E-state index contributed by atoms with van der Waals surface area (Å²) < 4.78 is 3.96. The number of carbonyl (C=O) groups excluding carboxylic acids is 5. The molecule has 0 aromatic carbocycles. The Kier molecular flexibility index (Phi) is 7.52. The van der Waals surface area contributed by atoms with Crippen LogP contribution >= 0.6 is 0 Å². The predicted octanol–water partition coefficient (Wildman–Crippen LogP) is -1.74. The van der Waals surface area contributed by atoms with Gasteiger partial charge in [0.2, 0.25) is 0 Å². The molecule has 0 unspecified atom stereocenters. The van der Waals surface area contributed by atoms with Crippen molar-refractivity contribution in [3.05, 3.63) is 0 Å². The van der Waals surface area contributed by atoms with Gasteiger partial charge in [-0.1, -0.05) is 0 Å². The van der Waals surface area contributed by atoms with Crippen molar-refractivity contribution in [2.45, 2.75) is 20.8 Å². The molecule has 7 heteroatoms. The van der Waals surface area contributed by atoms with Crippen LogP contribution in [-0.4, -0.2) is 46.6 Å². The lowest BCUT2D eigenvalue weighted by molar-refractivity contribution is -0.165. The number of Topliss-reactive ketones (excluding diaryl/α,β-unsaturated/α-hetero) is 3. The van der Waals surface area contributed by atoms with Gasteiger partial charge in [-0.05, 0) is 13.8 Å². The number of carbonyl (C=O) groups is 5. The first-order valence-electron chi connectivity index (χ1n) is 4.04. The molecule has 0 amide bonds. The van der Waals surface area contributed by atoms with Crippen molar-refractivity contribution < 1.29 is 28.7 Å². The molecule has 0 aliphatic heterocycles. The lowest BCUT2D eigenvalue weighted by Crippen LogP contribution is -2.35. The van der Waals surface area contributed by atoms with Crippen molar-refractivity contribution in [1.29, 1.82) is 0 Å². The van der Waals surface area contributed by atoms with Gasteiger partial charge < -0.3 is 4.74 Å². The minimum atomic E-state index is -1.67. The Morgan fingerprint density at radius 3 is 1.50 bits per heavy atom. The van der Waals surface area contributed by atoms with Crippen LogP contribution in [-0.2, 0) is 28.7 Å². The monoisotopic (exact) mass is 244 g/mol. The summed E-state index contributed by atoms with van der Waals surface area (Å²) in [5.41, 5.74) is 0. The minimum Gasteiger partial charge on any atom is -0.387 e. The topological polar surface area (TPSA) is 94.6 Å². The van der Waals surface area contributed by atoms with Crippen molar-refractivity contribution >= 4 is 46.6 Å². The number of hydrogen-bond acceptors (Lipinski definition) is 6. The van der Waals surface area contributed by atoms with E-state index in [0.717, 1.165) is 20.8 Å². The Balaban J connectivity index is 0. The Labute approximate surface area is 102 Å². The van der Waals surface area contributed by atoms with Gasteiger partial charge in [-0.3, -0.25) is 19.2 Å². The van der Waals surface area contributed by atoms with Gasteiger partial charge in [0.25, 0.3) is 5.78 Å². The SMILES string of the molecule is CC(=O)OC(=O)C(=O)C(C(C)=O)C(C)=O.[AlH3]. The van der Waals surface area contributed by atoms with Crippen LogP contribution in [0.25, 0.3) is 0 Å². The van der Waals surface area contributed by atoms with Crippen molar-refractivity contribution in [1.82, 2.24) is 0 Å². The quantitative estimate of drug-likeness (QED) is 0.252. The molecule has 16 heavy (non-hydrogen) atoms. The number of ether oxygens (including phenoxy) is 1.